The van der Waals surface area contributed by atoms with Crippen molar-refractivity contribution in [3.05, 3.63) is 17.3 Å². The highest BCUT2D eigenvalue weighted by Crippen LogP contribution is 2.27. The number of pyridine rings is 1. The highest BCUT2D eigenvalue weighted by Gasteiger charge is 2.32. The van der Waals surface area contributed by atoms with Crippen LogP contribution in [0.1, 0.15) is 6.92 Å². The van der Waals surface area contributed by atoms with E-state index in [1.54, 1.807) is 11.8 Å². The molecule has 1 atom stereocenters. The van der Waals surface area contributed by atoms with Gasteiger partial charge in [0.15, 0.2) is 0 Å². The lowest BCUT2D eigenvalue weighted by atomic mass is 10.2. The molecular formula is C10H11ClN4O2. The van der Waals surface area contributed by atoms with E-state index >= 15 is 0 Å². The van der Waals surface area contributed by atoms with Crippen LogP contribution in [0.25, 0.3) is 0 Å². The summed E-state index contributed by atoms with van der Waals surface area (Å²) in [5.41, 5.74) is 5.96. The number of rotatable bonds is 1. The van der Waals surface area contributed by atoms with Gasteiger partial charge < -0.3 is 10.6 Å². The molecule has 0 bridgehead atoms. The normalized spacial score (nSPS) is 20.4. The van der Waals surface area contributed by atoms with Gasteiger partial charge in [0.2, 0.25) is 11.8 Å². The lowest BCUT2D eigenvalue weighted by molar-refractivity contribution is -0.132. The molecule has 0 aliphatic carbocycles. The average molecular weight is 255 g/mol. The summed E-state index contributed by atoms with van der Waals surface area (Å²) < 4.78 is 0. The largest absolute Gasteiger partial charge is 0.397 e. The number of anilines is 2. The highest BCUT2D eigenvalue weighted by atomic mass is 35.5. The van der Waals surface area contributed by atoms with Crippen LogP contribution in [0.5, 0.6) is 0 Å². The van der Waals surface area contributed by atoms with Gasteiger partial charge in [-0.05, 0) is 13.0 Å². The fourth-order valence-electron chi connectivity index (χ4n) is 1.63. The summed E-state index contributed by atoms with van der Waals surface area (Å²) in [6, 6.07) is 1.04. The van der Waals surface area contributed by atoms with Crippen molar-refractivity contribution < 1.29 is 9.59 Å². The number of nitrogens with two attached hydrogens (primary N) is 1. The van der Waals surface area contributed by atoms with Gasteiger partial charge >= 0.3 is 0 Å². The third-order valence-electron chi connectivity index (χ3n) is 2.54. The van der Waals surface area contributed by atoms with E-state index in [4.69, 9.17) is 17.3 Å². The summed E-state index contributed by atoms with van der Waals surface area (Å²) in [5, 5.41) is 2.56. The number of imide groups is 1. The van der Waals surface area contributed by atoms with Gasteiger partial charge in [-0.25, -0.2) is 4.98 Å². The van der Waals surface area contributed by atoms with Gasteiger partial charge in [0.05, 0.1) is 23.5 Å². The SMILES string of the molecule is CC1C(=O)NC(=O)CN1c1ncc(N)cc1Cl. The predicted octanol–water partition coefficient (Wildman–Crippen LogP) is 0.169. The molecule has 0 spiro atoms. The molecule has 3 N–H and O–H groups in total. The number of piperazine rings is 1. The molecule has 2 rings (SSSR count). The van der Waals surface area contributed by atoms with Gasteiger partial charge in [-0.3, -0.25) is 14.9 Å². The molecule has 2 amide bonds. The van der Waals surface area contributed by atoms with Crippen molar-refractivity contribution in [1.29, 1.82) is 0 Å². The van der Waals surface area contributed by atoms with E-state index in [2.05, 4.69) is 10.3 Å². The van der Waals surface area contributed by atoms with E-state index in [-0.39, 0.29) is 18.4 Å². The Balaban J connectivity index is 2.37. The Kier molecular flexibility index (Phi) is 2.89. The van der Waals surface area contributed by atoms with Gasteiger partial charge in [0, 0.05) is 0 Å². The molecule has 17 heavy (non-hydrogen) atoms. The number of hydrogen-bond acceptors (Lipinski definition) is 5. The second-order valence-corrected chi connectivity index (χ2v) is 4.20. The Labute approximate surface area is 103 Å². The fraction of sp³-hybridized carbons (Fsp3) is 0.300. The van der Waals surface area contributed by atoms with Crippen LogP contribution in [0.3, 0.4) is 0 Å². The van der Waals surface area contributed by atoms with Crippen LogP contribution >= 0.6 is 11.6 Å². The summed E-state index contributed by atoms with van der Waals surface area (Å²) >= 11 is 6.00. The van der Waals surface area contributed by atoms with Crippen LogP contribution in [0.2, 0.25) is 5.02 Å². The van der Waals surface area contributed by atoms with Crippen molar-refractivity contribution in [2.24, 2.45) is 0 Å². The monoisotopic (exact) mass is 254 g/mol. The average Bonchev–Trinajstić information content (AvgIpc) is 2.24. The summed E-state index contributed by atoms with van der Waals surface area (Å²) in [4.78, 5) is 28.4. The van der Waals surface area contributed by atoms with E-state index < -0.39 is 6.04 Å². The molecule has 0 radical (unpaired) electrons. The molecule has 0 aromatic carbocycles. The van der Waals surface area contributed by atoms with Crippen molar-refractivity contribution in [1.82, 2.24) is 10.3 Å². The van der Waals surface area contributed by atoms with Crippen LogP contribution < -0.4 is 16.0 Å². The van der Waals surface area contributed by atoms with Crippen molar-refractivity contribution in [2.45, 2.75) is 13.0 Å². The zero-order valence-electron chi connectivity index (χ0n) is 9.11. The van der Waals surface area contributed by atoms with Gasteiger partial charge in [-0.1, -0.05) is 11.6 Å². The molecule has 1 aliphatic heterocycles. The Bertz CT molecular complexity index is 491. The lowest BCUT2D eigenvalue weighted by Gasteiger charge is -2.32. The molecule has 1 aromatic heterocycles. The zero-order valence-corrected chi connectivity index (χ0v) is 9.86. The first-order valence-electron chi connectivity index (χ1n) is 5.00. The van der Waals surface area contributed by atoms with Crippen LogP contribution in [0.4, 0.5) is 11.5 Å². The Morgan fingerprint density at radius 1 is 1.59 bits per heavy atom. The van der Waals surface area contributed by atoms with Crippen molar-refractivity contribution in [2.75, 3.05) is 17.2 Å². The second-order valence-electron chi connectivity index (χ2n) is 3.79. The number of aromatic nitrogens is 1. The third kappa shape index (κ3) is 2.16. The number of nitrogens with one attached hydrogen (secondary N) is 1. The van der Waals surface area contributed by atoms with Gasteiger partial charge in [-0.15, -0.1) is 0 Å². The van der Waals surface area contributed by atoms with E-state index in [0.717, 1.165) is 0 Å². The van der Waals surface area contributed by atoms with Crippen LogP contribution in [-0.4, -0.2) is 29.4 Å². The fourth-order valence-corrected chi connectivity index (χ4v) is 1.91. The molecule has 1 saturated heterocycles. The molecule has 1 fully saturated rings. The van der Waals surface area contributed by atoms with Gasteiger partial charge in [0.1, 0.15) is 11.9 Å². The van der Waals surface area contributed by atoms with Gasteiger partial charge in [-0.2, -0.15) is 0 Å². The number of hydrogen-bond donors (Lipinski definition) is 2. The molecule has 1 aromatic rings. The maximum absolute atomic E-state index is 11.5. The van der Waals surface area contributed by atoms with Crippen molar-refractivity contribution in [3.8, 4) is 0 Å². The first-order valence-corrected chi connectivity index (χ1v) is 5.38. The minimum atomic E-state index is -0.499. The number of carbonyl (C=O) groups is 2. The number of nitrogen functional groups attached to an aromatic ring is 1. The standard InChI is InChI=1S/C10H11ClN4O2/c1-5-10(17)14-8(16)4-15(5)9-7(11)2-6(12)3-13-9/h2-3,5H,4,12H2,1H3,(H,14,16,17). The summed E-state index contributed by atoms with van der Waals surface area (Å²) in [6.45, 7) is 1.72. The Hall–Kier alpha value is -1.82. The topological polar surface area (TPSA) is 88.3 Å². The summed E-state index contributed by atoms with van der Waals surface area (Å²) in [7, 11) is 0. The number of nitrogens with zero attached hydrogens (tertiary/aromatic N) is 2. The van der Waals surface area contributed by atoms with Crippen molar-refractivity contribution in [3.63, 3.8) is 0 Å². The van der Waals surface area contributed by atoms with E-state index in [0.29, 0.717) is 16.5 Å². The molecular weight excluding hydrogens is 244 g/mol. The lowest BCUT2D eigenvalue weighted by Crippen LogP contribution is -2.57. The van der Waals surface area contributed by atoms with Gasteiger partial charge in [0.25, 0.3) is 0 Å². The number of halogens is 1. The first kappa shape index (κ1) is 11.7. The minimum Gasteiger partial charge on any atom is -0.397 e. The van der Waals surface area contributed by atoms with Crippen LogP contribution in [0.15, 0.2) is 12.3 Å². The Morgan fingerprint density at radius 2 is 2.29 bits per heavy atom. The van der Waals surface area contributed by atoms with E-state index in [9.17, 15) is 9.59 Å². The zero-order chi connectivity index (χ0) is 12.6. The number of amides is 2. The smallest absolute Gasteiger partial charge is 0.249 e. The minimum absolute atomic E-state index is 0.0452. The quantitative estimate of drug-likeness (QED) is 0.698. The Morgan fingerprint density at radius 3 is 2.94 bits per heavy atom. The molecule has 7 heteroatoms. The summed E-state index contributed by atoms with van der Waals surface area (Å²) in [5.74, 6) is -0.352. The highest BCUT2D eigenvalue weighted by molar-refractivity contribution is 6.33. The first-order chi connectivity index (χ1) is 7.99. The molecule has 2 heterocycles. The van der Waals surface area contributed by atoms with Crippen molar-refractivity contribution >= 4 is 34.9 Å². The maximum Gasteiger partial charge on any atom is 0.249 e. The predicted molar refractivity (Wildman–Crippen MR) is 63.6 cm³/mol. The molecule has 6 nitrogen and oxygen atoms in total. The molecule has 0 saturated carbocycles. The van der Waals surface area contributed by atoms with Crippen LogP contribution in [0, 0.1) is 0 Å². The second kappa shape index (κ2) is 4.21. The maximum atomic E-state index is 11.5. The molecule has 90 valence electrons. The van der Waals surface area contributed by atoms with E-state index in [1.807, 2.05) is 0 Å². The molecule has 1 unspecified atom stereocenters. The van der Waals surface area contributed by atoms with E-state index in [1.165, 1.54) is 12.3 Å². The number of carbonyl (C=O) groups excluding carboxylic acids is 2. The molecule has 1 aliphatic rings. The third-order valence-corrected chi connectivity index (χ3v) is 2.82. The summed E-state index contributed by atoms with van der Waals surface area (Å²) in [6.07, 6.45) is 1.44. The van der Waals surface area contributed by atoms with Crippen LogP contribution in [-0.2, 0) is 9.59 Å².